The minimum absolute atomic E-state index is 1.11. The molecular formula is C58H37NS. The first-order valence-electron chi connectivity index (χ1n) is 20.6. The molecule has 280 valence electrons. The molecule has 0 aliphatic carbocycles. The summed E-state index contributed by atoms with van der Waals surface area (Å²) in [7, 11) is 0. The van der Waals surface area contributed by atoms with Gasteiger partial charge in [-0.2, -0.15) is 0 Å². The molecule has 1 aromatic heterocycles. The zero-order chi connectivity index (χ0) is 39.6. The topological polar surface area (TPSA) is 3.24 Å². The van der Waals surface area contributed by atoms with E-state index < -0.39 is 0 Å². The maximum absolute atomic E-state index is 2.46. The number of nitrogens with zero attached hydrogens (tertiary/aromatic N) is 1. The molecule has 1 heterocycles. The summed E-state index contributed by atoms with van der Waals surface area (Å²) in [6.07, 6.45) is 0. The first kappa shape index (κ1) is 34.5. The molecule has 0 aliphatic rings. The maximum atomic E-state index is 2.46. The second-order valence-corrected chi connectivity index (χ2v) is 16.8. The lowest BCUT2D eigenvalue weighted by Crippen LogP contribution is -2.10. The average Bonchev–Trinajstić information content (AvgIpc) is 3.69. The van der Waals surface area contributed by atoms with Crippen molar-refractivity contribution in [1.29, 1.82) is 0 Å². The minimum Gasteiger partial charge on any atom is -0.310 e. The Balaban J connectivity index is 1.03. The maximum Gasteiger partial charge on any atom is 0.0554 e. The van der Waals surface area contributed by atoms with Crippen molar-refractivity contribution in [3.05, 3.63) is 224 Å². The van der Waals surface area contributed by atoms with Crippen molar-refractivity contribution in [2.75, 3.05) is 4.90 Å². The Morgan fingerprint density at radius 2 is 0.850 bits per heavy atom. The minimum atomic E-state index is 1.11. The molecule has 0 radical (unpaired) electrons. The third kappa shape index (κ3) is 5.76. The highest BCUT2D eigenvalue weighted by molar-refractivity contribution is 7.26. The van der Waals surface area contributed by atoms with Gasteiger partial charge in [0.25, 0.3) is 0 Å². The standard InChI is InChI=1S/C58H37NS/c1-2-12-38(13-3-1)39-24-26-40(27-25-39)41-28-30-46(31-29-41)59(55-22-11-23-56-58(55)54-35-42-14-4-5-15-43(42)37-57(54)60-56)47-32-33-49-44(34-47)17-10-21-51(49)53-36-45-16-6-7-18-48(45)50-19-8-9-20-52(50)53/h1-37H. The predicted octanol–water partition coefficient (Wildman–Crippen LogP) is 17.1. The van der Waals surface area contributed by atoms with Crippen molar-refractivity contribution >= 4 is 91.7 Å². The molecule has 2 heteroatoms. The Hall–Kier alpha value is -7.52. The van der Waals surface area contributed by atoms with E-state index in [1.807, 2.05) is 11.3 Å². The average molecular weight is 780 g/mol. The van der Waals surface area contributed by atoms with Crippen molar-refractivity contribution < 1.29 is 0 Å². The van der Waals surface area contributed by atoms with Gasteiger partial charge in [-0.25, -0.2) is 0 Å². The van der Waals surface area contributed by atoms with Gasteiger partial charge in [-0.1, -0.05) is 170 Å². The molecule has 60 heavy (non-hydrogen) atoms. The lowest BCUT2D eigenvalue weighted by atomic mass is 9.90. The largest absolute Gasteiger partial charge is 0.310 e. The predicted molar refractivity (Wildman–Crippen MR) is 260 cm³/mol. The van der Waals surface area contributed by atoms with E-state index in [0.717, 1.165) is 11.4 Å². The van der Waals surface area contributed by atoms with Gasteiger partial charge in [0.15, 0.2) is 0 Å². The van der Waals surface area contributed by atoms with Crippen LogP contribution in [0.5, 0.6) is 0 Å². The van der Waals surface area contributed by atoms with Gasteiger partial charge in [-0.05, 0) is 131 Å². The van der Waals surface area contributed by atoms with Crippen molar-refractivity contribution in [2.24, 2.45) is 0 Å². The lowest BCUT2D eigenvalue weighted by Gasteiger charge is -2.27. The summed E-state index contributed by atoms with van der Waals surface area (Å²) in [6, 6.07) is 82.5. The van der Waals surface area contributed by atoms with E-state index in [-0.39, 0.29) is 0 Å². The second kappa shape index (κ2) is 14.1. The quantitative estimate of drug-likeness (QED) is 0.152. The van der Waals surface area contributed by atoms with E-state index in [1.54, 1.807) is 0 Å². The zero-order valence-corrected chi connectivity index (χ0v) is 33.5. The fourth-order valence-electron chi connectivity index (χ4n) is 9.32. The first-order valence-corrected chi connectivity index (χ1v) is 21.4. The van der Waals surface area contributed by atoms with Crippen LogP contribution < -0.4 is 4.90 Å². The molecule has 0 atom stereocenters. The number of rotatable bonds is 6. The summed E-state index contributed by atoms with van der Waals surface area (Å²) in [5.41, 5.74) is 10.7. The van der Waals surface area contributed by atoms with Crippen LogP contribution >= 0.6 is 11.3 Å². The van der Waals surface area contributed by atoms with Crippen molar-refractivity contribution in [3.8, 4) is 33.4 Å². The summed E-state index contributed by atoms with van der Waals surface area (Å²) in [5, 5.41) is 12.6. The Labute approximate surface area is 352 Å². The van der Waals surface area contributed by atoms with Crippen LogP contribution in [0.4, 0.5) is 17.1 Å². The molecule has 0 fully saturated rings. The smallest absolute Gasteiger partial charge is 0.0554 e. The Bertz CT molecular complexity index is 3580. The van der Waals surface area contributed by atoms with Crippen molar-refractivity contribution in [2.45, 2.75) is 0 Å². The van der Waals surface area contributed by atoms with Gasteiger partial charge in [-0.3, -0.25) is 0 Å². The molecule has 0 saturated heterocycles. The van der Waals surface area contributed by atoms with Crippen LogP contribution in [0.15, 0.2) is 224 Å². The van der Waals surface area contributed by atoms with Gasteiger partial charge in [0.1, 0.15) is 0 Å². The fraction of sp³-hybridized carbons (Fsp3) is 0. The summed E-state index contributed by atoms with van der Waals surface area (Å²) in [6.45, 7) is 0. The molecule has 11 aromatic carbocycles. The van der Waals surface area contributed by atoms with E-state index in [4.69, 9.17) is 0 Å². The number of hydrogen-bond donors (Lipinski definition) is 0. The highest BCUT2D eigenvalue weighted by Crippen LogP contribution is 2.47. The highest BCUT2D eigenvalue weighted by Gasteiger charge is 2.20. The van der Waals surface area contributed by atoms with E-state index in [2.05, 4.69) is 229 Å². The van der Waals surface area contributed by atoms with Gasteiger partial charge >= 0.3 is 0 Å². The summed E-state index contributed by atoms with van der Waals surface area (Å²) in [4.78, 5) is 2.46. The van der Waals surface area contributed by atoms with Crippen LogP contribution in [0.2, 0.25) is 0 Å². The van der Waals surface area contributed by atoms with E-state index in [0.29, 0.717) is 0 Å². The lowest BCUT2D eigenvalue weighted by molar-refractivity contribution is 1.31. The van der Waals surface area contributed by atoms with Crippen LogP contribution in [0, 0.1) is 0 Å². The molecule has 12 aromatic rings. The molecule has 0 amide bonds. The Morgan fingerprint density at radius 1 is 0.283 bits per heavy atom. The van der Waals surface area contributed by atoms with Crippen LogP contribution in [0.25, 0.3) is 96.6 Å². The zero-order valence-electron chi connectivity index (χ0n) is 32.7. The number of anilines is 3. The number of thiophene rings is 1. The van der Waals surface area contributed by atoms with Gasteiger partial charge in [0.05, 0.1) is 5.69 Å². The van der Waals surface area contributed by atoms with Gasteiger partial charge in [-0.15, -0.1) is 11.3 Å². The molecule has 0 aliphatic heterocycles. The fourth-order valence-corrected chi connectivity index (χ4v) is 10.5. The molecule has 0 spiro atoms. The van der Waals surface area contributed by atoms with Crippen LogP contribution in [-0.2, 0) is 0 Å². The number of hydrogen-bond acceptors (Lipinski definition) is 2. The van der Waals surface area contributed by atoms with Gasteiger partial charge in [0.2, 0.25) is 0 Å². The first-order chi connectivity index (χ1) is 29.7. The molecule has 0 N–H and O–H groups in total. The van der Waals surface area contributed by atoms with E-state index >= 15 is 0 Å². The molecule has 0 saturated carbocycles. The van der Waals surface area contributed by atoms with E-state index in [9.17, 15) is 0 Å². The van der Waals surface area contributed by atoms with Crippen LogP contribution in [0.1, 0.15) is 0 Å². The molecule has 1 nitrogen and oxygen atoms in total. The van der Waals surface area contributed by atoms with Gasteiger partial charge < -0.3 is 4.90 Å². The van der Waals surface area contributed by atoms with E-state index in [1.165, 1.54) is 102 Å². The third-order valence-corrected chi connectivity index (χ3v) is 13.3. The molecular weight excluding hydrogens is 743 g/mol. The summed E-state index contributed by atoms with van der Waals surface area (Å²) < 4.78 is 2.58. The summed E-state index contributed by atoms with van der Waals surface area (Å²) >= 11 is 1.87. The van der Waals surface area contributed by atoms with Crippen LogP contribution in [0.3, 0.4) is 0 Å². The Morgan fingerprint density at radius 3 is 1.62 bits per heavy atom. The van der Waals surface area contributed by atoms with Crippen molar-refractivity contribution in [3.63, 3.8) is 0 Å². The molecule has 0 unspecified atom stereocenters. The normalized spacial score (nSPS) is 11.7. The second-order valence-electron chi connectivity index (χ2n) is 15.7. The van der Waals surface area contributed by atoms with Gasteiger partial charge in [0, 0.05) is 31.5 Å². The number of benzene rings is 11. The molecule has 0 bridgehead atoms. The number of fused-ring (bicyclic) bond motifs is 8. The summed E-state index contributed by atoms with van der Waals surface area (Å²) in [5.74, 6) is 0. The third-order valence-electron chi connectivity index (χ3n) is 12.2. The highest BCUT2D eigenvalue weighted by atomic mass is 32.1. The van der Waals surface area contributed by atoms with Crippen LogP contribution in [-0.4, -0.2) is 0 Å². The molecule has 12 rings (SSSR count). The van der Waals surface area contributed by atoms with Crippen molar-refractivity contribution in [1.82, 2.24) is 0 Å². The monoisotopic (exact) mass is 779 g/mol. The SMILES string of the molecule is c1ccc(-c2ccc(-c3ccc(N(c4ccc5c(-c6cc7ccccc7c7ccccc67)cccc5c4)c4cccc5sc6cc7ccccc7cc6c45)cc3)cc2)cc1. The Kier molecular flexibility index (Phi) is 8.11.